The van der Waals surface area contributed by atoms with Crippen molar-refractivity contribution in [3.8, 4) is 0 Å². The number of rotatable bonds is 6. The zero-order valence-corrected chi connectivity index (χ0v) is 11.3. The van der Waals surface area contributed by atoms with Crippen LogP contribution in [0.5, 0.6) is 0 Å². The van der Waals surface area contributed by atoms with E-state index in [4.69, 9.17) is 10.5 Å². The summed E-state index contributed by atoms with van der Waals surface area (Å²) in [6.45, 7) is 6.50. The Labute approximate surface area is 109 Å². The average molecular weight is 250 g/mol. The summed E-state index contributed by atoms with van der Waals surface area (Å²) in [6.07, 6.45) is 1.25. The fraction of sp³-hybridized carbons (Fsp3) is 0.500. The molecule has 4 nitrogen and oxygen atoms in total. The molecule has 100 valence electrons. The van der Waals surface area contributed by atoms with E-state index in [1.807, 2.05) is 26.0 Å². The maximum atomic E-state index is 11.7. The van der Waals surface area contributed by atoms with E-state index in [0.29, 0.717) is 24.4 Å². The lowest BCUT2D eigenvalue weighted by Crippen LogP contribution is -2.25. The highest BCUT2D eigenvalue weighted by atomic mass is 16.5. The summed E-state index contributed by atoms with van der Waals surface area (Å²) >= 11 is 0. The zero-order chi connectivity index (χ0) is 13.6. The summed E-state index contributed by atoms with van der Waals surface area (Å²) < 4.78 is 5.63. The molecular weight excluding hydrogens is 228 g/mol. The molecule has 3 N–H and O–H groups in total. The molecule has 0 atom stereocenters. The first-order valence-corrected chi connectivity index (χ1v) is 6.23. The number of ether oxygens (including phenoxy) is 1. The maximum absolute atomic E-state index is 11.7. The number of hydrogen-bond donors (Lipinski definition) is 2. The van der Waals surface area contributed by atoms with Gasteiger partial charge in [0.15, 0.2) is 0 Å². The summed E-state index contributed by atoms with van der Waals surface area (Å²) in [7, 11) is 0. The van der Waals surface area contributed by atoms with Crippen molar-refractivity contribution < 1.29 is 9.53 Å². The predicted octanol–water partition coefficient (Wildman–Crippen LogP) is 2.80. The molecule has 0 heterocycles. The SMILES string of the molecule is CCC(C)(C)OCCC(=O)Nc1ccccc1N. The van der Waals surface area contributed by atoms with Gasteiger partial charge in [-0.05, 0) is 32.4 Å². The van der Waals surface area contributed by atoms with Crippen LogP contribution in [0.2, 0.25) is 0 Å². The Balaban J connectivity index is 2.37. The van der Waals surface area contributed by atoms with Gasteiger partial charge in [0.25, 0.3) is 0 Å². The fourth-order valence-corrected chi connectivity index (χ4v) is 1.35. The Morgan fingerprint density at radius 2 is 2.06 bits per heavy atom. The largest absolute Gasteiger partial charge is 0.397 e. The van der Waals surface area contributed by atoms with Crippen molar-refractivity contribution in [3.63, 3.8) is 0 Å². The van der Waals surface area contributed by atoms with Crippen LogP contribution in [-0.2, 0) is 9.53 Å². The standard InChI is InChI=1S/C14H22N2O2/c1-4-14(2,3)18-10-9-13(17)16-12-8-6-5-7-11(12)15/h5-8H,4,9-10,15H2,1-3H3,(H,16,17). The Morgan fingerprint density at radius 1 is 1.39 bits per heavy atom. The lowest BCUT2D eigenvalue weighted by Gasteiger charge is -2.23. The van der Waals surface area contributed by atoms with Crippen LogP contribution in [0, 0.1) is 0 Å². The van der Waals surface area contributed by atoms with Crippen molar-refractivity contribution >= 4 is 17.3 Å². The number of carbonyl (C=O) groups excluding carboxylic acids is 1. The Bertz CT molecular complexity index is 403. The van der Waals surface area contributed by atoms with Crippen molar-refractivity contribution in [1.82, 2.24) is 0 Å². The number of carbonyl (C=O) groups is 1. The van der Waals surface area contributed by atoms with Crippen molar-refractivity contribution in [2.24, 2.45) is 0 Å². The van der Waals surface area contributed by atoms with Gasteiger partial charge < -0.3 is 15.8 Å². The predicted molar refractivity (Wildman–Crippen MR) is 74.4 cm³/mol. The highest BCUT2D eigenvalue weighted by Crippen LogP contribution is 2.17. The van der Waals surface area contributed by atoms with Gasteiger partial charge in [-0.3, -0.25) is 4.79 Å². The summed E-state index contributed by atoms with van der Waals surface area (Å²) in [4.78, 5) is 11.7. The highest BCUT2D eigenvalue weighted by Gasteiger charge is 2.15. The van der Waals surface area contributed by atoms with Crippen molar-refractivity contribution in [2.75, 3.05) is 17.7 Å². The van der Waals surface area contributed by atoms with Gasteiger partial charge in [-0.25, -0.2) is 0 Å². The number of hydrogen-bond acceptors (Lipinski definition) is 3. The molecular formula is C14H22N2O2. The van der Waals surface area contributed by atoms with E-state index in [0.717, 1.165) is 6.42 Å². The second-order valence-electron chi connectivity index (χ2n) is 4.85. The minimum Gasteiger partial charge on any atom is -0.397 e. The minimum absolute atomic E-state index is 0.0835. The van der Waals surface area contributed by atoms with Crippen LogP contribution >= 0.6 is 0 Å². The first kappa shape index (κ1) is 14.5. The first-order valence-electron chi connectivity index (χ1n) is 6.23. The smallest absolute Gasteiger partial charge is 0.226 e. The van der Waals surface area contributed by atoms with Gasteiger partial charge in [-0.15, -0.1) is 0 Å². The van der Waals surface area contributed by atoms with E-state index in [9.17, 15) is 4.79 Å². The molecule has 0 saturated heterocycles. The Hall–Kier alpha value is -1.55. The minimum atomic E-state index is -0.175. The molecule has 0 bridgehead atoms. The third-order valence-electron chi connectivity index (χ3n) is 2.91. The first-order chi connectivity index (χ1) is 8.44. The number of anilines is 2. The second kappa shape index (κ2) is 6.40. The molecule has 18 heavy (non-hydrogen) atoms. The number of benzene rings is 1. The van der Waals surface area contributed by atoms with Gasteiger partial charge >= 0.3 is 0 Å². The third-order valence-corrected chi connectivity index (χ3v) is 2.91. The molecule has 1 amide bonds. The van der Waals surface area contributed by atoms with Gasteiger partial charge in [0.1, 0.15) is 0 Å². The topological polar surface area (TPSA) is 64.3 Å². The number of para-hydroxylation sites is 2. The van der Waals surface area contributed by atoms with Crippen molar-refractivity contribution in [3.05, 3.63) is 24.3 Å². The van der Waals surface area contributed by atoms with Crippen LogP contribution in [0.25, 0.3) is 0 Å². The van der Waals surface area contributed by atoms with E-state index in [-0.39, 0.29) is 11.5 Å². The Morgan fingerprint density at radius 3 is 2.67 bits per heavy atom. The van der Waals surface area contributed by atoms with Crippen molar-refractivity contribution in [2.45, 2.75) is 39.2 Å². The van der Waals surface area contributed by atoms with Gasteiger partial charge in [0, 0.05) is 0 Å². The molecule has 0 aliphatic rings. The molecule has 0 spiro atoms. The summed E-state index contributed by atoms with van der Waals surface area (Å²) in [5.74, 6) is -0.0835. The summed E-state index contributed by atoms with van der Waals surface area (Å²) in [5.41, 5.74) is 6.79. The molecule has 0 saturated carbocycles. The molecule has 0 aliphatic carbocycles. The number of nitrogens with one attached hydrogen (secondary N) is 1. The Kier molecular flexibility index (Phi) is 5.16. The van der Waals surface area contributed by atoms with E-state index in [1.54, 1.807) is 12.1 Å². The van der Waals surface area contributed by atoms with Gasteiger partial charge in [-0.2, -0.15) is 0 Å². The van der Waals surface area contributed by atoms with Crippen LogP contribution in [-0.4, -0.2) is 18.1 Å². The second-order valence-corrected chi connectivity index (χ2v) is 4.85. The van der Waals surface area contributed by atoms with E-state index < -0.39 is 0 Å². The molecule has 0 radical (unpaired) electrons. The molecule has 0 aromatic heterocycles. The van der Waals surface area contributed by atoms with Gasteiger partial charge in [-0.1, -0.05) is 19.1 Å². The lowest BCUT2D eigenvalue weighted by atomic mass is 10.1. The van der Waals surface area contributed by atoms with Gasteiger partial charge in [0.05, 0.1) is 30.0 Å². The zero-order valence-electron chi connectivity index (χ0n) is 11.3. The maximum Gasteiger partial charge on any atom is 0.226 e. The third kappa shape index (κ3) is 4.75. The molecule has 0 fully saturated rings. The highest BCUT2D eigenvalue weighted by molar-refractivity contribution is 5.93. The van der Waals surface area contributed by atoms with Crippen molar-refractivity contribution in [1.29, 1.82) is 0 Å². The summed E-state index contributed by atoms with van der Waals surface area (Å²) in [6, 6.07) is 7.21. The number of nitrogen functional groups attached to an aromatic ring is 1. The van der Waals surface area contributed by atoms with E-state index in [2.05, 4.69) is 12.2 Å². The van der Waals surface area contributed by atoms with Crippen LogP contribution in [0.3, 0.4) is 0 Å². The van der Waals surface area contributed by atoms with Crippen LogP contribution in [0.15, 0.2) is 24.3 Å². The molecule has 1 rings (SSSR count). The van der Waals surface area contributed by atoms with Crippen LogP contribution < -0.4 is 11.1 Å². The van der Waals surface area contributed by atoms with E-state index in [1.165, 1.54) is 0 Å². The molecule has 1 aromatic carbocycles. The number of amides is 1. The molecule has 1 aromatic rings. The van der Waals surface area contributed by atoms with E-state index >= 15 is 0 Å². The molecule has 4 heteroatoms. The quantitative estimate of drug-likeness (QED) is 0.763. The molecule has 0 aliphatic heterocycles. The molecule has 0 unspecified atom stereocenters. The normalized spacial score (nSPS) is 11.3. The number of nitrogens with two attached hydrogens (primary N) is 1. The average Bonchev–Trinajstić information content (AvgIpc) is 2.32. The van der Waals surface area contributed by atoms with Crippen LogP contribution in [0.4, 0.5) is 11.4 Å². The monoisotopic (exact) mass is 250 g/mol. The fourth-order valence-electron chi connectivity index (χ4n) is 1.35. The summed E-state index contributed by atoms with van der Waals surface area (Å²) in [5, 5.41) is 2.77. The van der Waals surface area contributed by atoms with Gasteiger partial charge in [0.2, 0.25) is 5.91 Å². The van der Waals surface area contributed by atoms with Crippen LogP contribution in [0.1, 0.15) is 33.6 Å². The lowest BCUT2D eigenvalue weighted by molar-refractivity contribution is -0.118.